The van der Waals surface area contributed by atoms with E-state index >= 15 is 0 Å². The number of aliphatic hydroxyl groups is 1. The van der Waals surface area contributed by atoms with Crippen LogP contribution in [0.3, 0.4) is 0 Å². The van der Waals surface area contributed by atoms with E-state index in [-0.39, 0.29) is 19.1 Å². The molecule has 1 unspecified atom stereocenters. The van der Waals surface area contributed by atoms with Crippen LogP contribution in [0.4, 0.5) is 0 Å². The van der Waals surface area contributed by atoms with Gasteiger partial charge in [0.2, 0.25) is 5.91 Å². The topological polar surface area (TPSA) is 58.6 Å². The minimum Gasteiger partial charge on any atom is -0.387 e. The predicted molar refractivity (Wildman–Crippen MR) is 71.7 cm³/mol. The molecule has 96 valence electrons. The molecular formula is C13H15NO3S. The summed E-state index contributed by atoms with van der Waals surface area (Å²) in [5, 5.41) is 15.7. The van der Waals surface area contributed by atoms with E-state index in [2.05, 4.69) is 5.32 Å². The van der Waals surface area contributed by atoms with Crippen LogP contribution in [0.1, 0.15) is 11.7 Å². The highest BCUT2D eigenvalue weighted by atomic mass is 32.1. The summed E-state index contributed by atoms with van der Waals surface area (Å²) < 4.78 is 5.84. The molecule has 0 fully saturated rings. The number of rotatable bonds is 5. The average molecular weight is 265 g/mol. The Kier molecular flexibility index (Phi) is 4.30. The van der Waals surface area contributed by atoms with Crippen LogP contribution in [0.25, 0.3) is 10.1 Å². The van der Waals surface area contributed by atoms with E-state index in [4.69, 9.17) is 4.74 Å². The van der Waals surface area contributed by atoms with Crippen LogP contribution in [0.2, 0.25) is 0 Å². The maximum Gasteiger partial charge on any atom is 0.246 e. The number of carbonyl (C=O) groups excluding carboxylic acids is 1. The van der Waals surface area contributed by atoms with E-state index in [1.165, 1.54) is 7.11 Å². The maximum atomic E-state index is 11.2. The summed E-state index contributed by atoms with van der Waals surface area (Å²) in [7, 11) is 1.46. The van der Waals surface area contributed by atoms with Gasteiger partial charge in [-0.2, -0.15) is 0 Å². The number of thiophene rings is 1. The predicted octanol–water partition coefficient (Wildman–Crippen LogP) is 1.70. The molecule has 1 amide bonds. The molecule has 2 aromatic rings. The first-order chi connectivity index (χ1) is 8.72. The zero-order valence-electron chi connectivity index (χ0n) is 10.1. The minimum absolute atomic E-state index is 0.0110. The van der Waals surface area contributed by atoms with Crippen molar-refractivity contribution in [3.05, 3.63) is 35.2 Å². The Morgan fingerprint density at radius 3 is 3.06 bits per heavy atom. The van der Waals surface area contributed by atoms with Crippen molar-refractivity contribution in [3.63, 3.8) is 0 Å². The van der Waals surface area contributed by atoms with Crippen molar-refractivity contribution in [2.24, 2.45) is 0 Å². The highest BCUT2D eigenvalue weighted by Crippen LogP contribution is 2.29. The summed E-state index contributed by atoms with van der Waals surface area (Å²) in [6, 6.07) is 7.89. The summed E-state index contributed by atoms with van der Waals surface area (Å²) >= 11 is 1.59. The standard InChI is InChI=1S/C13H15NO3S/c1-17-7-13(16)14-6-11(15)10-8-18-12-5-3-2-4-9(10)12/h2-5,8,11,15H,6-7H2,1H3,(H,14,16). The van der Waals surface area contributed by atoms with Crippen LogP contribution in [0.15, 0.2) is 29.6 Å². The molecule has 0 radical (unpaired) electrons. The van der Waals surface area contributed by atoms with Gasteiger partial charge in [-0.3, -0.25) is 4.79 Å². The first-order valence-electron chi connectivity index (χ1n) is 5.62. The van der Waals surface area contributed by atoms with E-state index < -0.39 is 6.10 Å². The Bertz CT molecular complexity index is 538. The Balaban J connectivity index is 2.05. The number of nitrogens with one attached hydrogen (secondary N) is 1. The van der Waals surface area contributed by atoms with Crippen molar-refractivity contribution < 1.29 is 14.6 Å². The van der Waals surface area contributed by atoms with Gasteiger partial charge in [-0.15, -0.1) is 11.3 Å². The quantitative estimate of drug-likeness (QED) is 0.865. The molecule has 1 aromatic heterocycles. The first kappa shape index (κ1) is 13.0. The van der Waals surface area contributed by atoms with Crippen molar-refractivity contribution in [2.75, 3.05) is 20.3 Å². The third-order valence-electron chi connectivity index (χ3n) is 2.64. The molecule has 1 aromatic carbocycles. The van der Waals surface area contributed by atoms with Crippen LogP contribution in [0, 0.1) is 0 Å². The molecule has 0 saturated heterocycles. The number of hydrogen-bond donors (Lipinski definition) is 2. The third-order valence-corrected chi connectivity index (χ3v) is 3.62. The molecule has 0 aliphatic heterocycles. The molecular weight excluding hydrogens is 250 g/mol. The van der Waals surface area contributed by atoms with E-state index in [1.807, 2.05) is 29.6 Å². The molecule has 1 heterocycles. The molecule has 4 nitrogen and oxygen atoms in total. The largest absolute Gasteiger partial charge is 0.387 e. The van der Waals surface area contributed by atoms with E-state index in [9.17, 15) is 9.90 Å². The van der Waals surface area contributed by atoms with Gasteiger partial charge in [0.1, 0.15) is 6.61 Å². The fourth-order valence-corrected chi connectivity index (χ4v) is 2.77. The third kappa shape index (κ3) is 2.87. The van der Waals surface area contributed by atoms with Gasteiger partial charge in [0.05, 0.1) is 6.10 Å². The van der Waals surface area contributed by atoms with Crippen LogP contribution < -0.4 is 5.32 Å². The normalized spacial score (nSPS) is 12.6. The molecule has 0 bridgehead atoms. The van der Waals surface area contributed by atoms with Crippen molar-refractivity contribution >= 4 is 27.3 Å². The van der Waals surface area contributed by atoms with Gasteiger partial charge >= 0.3 is 0 Å². The molecule has 18 heavy (non-hydrogen) atoms. The first-order valence-corrected chi connectivity index (χ1v) is 6.50. The Morgan fingerprint density at radius 1 is 1.50 bits per heavy atom. The molecule has 5 heteroatoms. The number of amides is 1. The summed E-state index contributed by atoms with van der Waals surface area (Å²) in [5.74, 6) is -0.226. The van der Waals surface area contributed by atoms with Crippen LogP contribution in [-0.4, -0.2) is 31.3 Å². The summed E-state index contributed by atoms with van der Waals surface area (Å²) in [6.45, 7) is 0.208. The molecule has 0 aliphatic carbocycles. The van der Waals surface area contributed by atoms with Gasteiger partial charge in [0.15, 0.2) is 0 Å². The zero-order chi connectivity index (χ0) is 13.0. The fourth-order valence-electron chi connectivity index (χ4n) is 1.76. The van der Waals surface area contributed by atoms with Gasteiger partial charge in [-0.1, -0.05) is 18.2 Å². The monoisotopic (exact) mass is 265 g/mol. The molecule has 2 rings (SSSR count). The maximum absolute atomic E-state index is 11.2. The lowest BCUT2D eigenvalue weighted by atomic mass is 10.1. The van der Waals surface area contributed by atoms with Crippen LogP contribution in [-0.2, 0) is 9.53 Å². The number of benzene rings is 1. The van der Waals surface area contributed by atoms with Gasteiger partial charge in [-0.05, 0) is 16.8 Å². The molecule has 1 atom stereocenters. The van der Waals surface area contributed by atoms with Gasteiger partial charge in [0.25, 0.3) is 0 Å². The number of methoxy groups -OCH3 is 1. The zero-order valence-corrected chi connectivity index (χ0v) is 10.9. The molecule has 0 spiro atoms. The van der Waals surface area contributed by atoms with Crippen LogP contribution >= 0.6 is 11.3 Å². The smallest absolute Gasteiger partial charge is 0.246 e. The number of fused-ring (bicyclic) bond motifs is 1. The van der Waals surface area contributed by atoms with Gasteiger partial charge in [0, 0.05) is 23.9 Å². The highest BCUT2D eigenvalue weighted by Gasteiger charge is 2.13. The number of hydrogen-bond acceptors (Lipinski definition) is 4. The molecule has 0 saturated carbocycles. The molecule has 0 aliphatic rings. The van der Waals surface area contributed by atoms with Crippen LogP contribution in [0.5, 0.6) is 0 Å². The van der Waals surface area contributed by atoms with Crippen molar-refractivity contribution in [1.29, 1.82) is 0 Å². The second kappa shape index (κ2) is 5.95. The minimum atomic E-state index is -0.693. The Labute approximate surface area is 109 Å². The second-order valence-corrected chi connectivity index (χ2v) is 4.85. The number of aliphatic hydroxyl groups excluding tert-OH is 1. The van der Waals surface area contributed by atoms with Crippen molar-refractivity contribution in [2.45, 2.75) is 6.10 Å². The van der Waals surface area contributed by atoms with E-state index in [1.54, 1.807) is 11.3 Å². The fraction of sp³-hybridized carbons (Fsp3) is 0.308. The van der Waals surface area contributed by atoms with Gasteiger partial charge in [-0.25, -0.2) is 0 Å². The number of ether oxygens (including phenoxy) is 1. The summed E-state index contributed by atoms with van der Waals surface area (Å²) in [6.07, 6.45) is -0.693. The lowest BCUT2D eigenvalue weighted by Crippen LogP contribution is -2.31. The van der Waals surface area contributed by atoms with Crippen molar-refractivity contribution in [3.8, 4) is 0 Å². The lowest BCUT2D eigenvalue weighted by Gasteiger charge is -2.11. The molecule has 2 N–H and O–H groups in total. The second-order valence-electron chi connectivity index (χ2n) is 3.94. The Morgan fingerprint density at radius 2 is 2.28 bits per heavy atom. The highest BCUT2D eigenvalue weighted by molar-refractivity contribution is 7.17. The number of carbonyl (C=O) groups is 1. The van der Waals surface area contributed by atoms with E-state index in [0.29, 0.717) is 0 Å². The lowest BCUT2D eigenvalue weighted by molar-refractivity contribution is -0.125. The van der Waals surface area contributed by atoms with Crippen molar-refractivity contribution in [1.82, 2.24) is 5.32 Å². The summed E-state index contributed by atoms with van der Waals surface area (Å²) in [5.41, 5.74) is 0.855. The van der Waals surface area contributed by atoms with E-state index in [0.717, 1.165) is 15.6 Å². The SMILES string of the molecule is COCC(=O)NCC(O)c1csc2ccccc12. The average Bonchev–Trinajstić information content (AvgIpc) is 2.80. The Hall–Kier alpha value is -1.43. The van der Waals surface area contributed by atoms with Gasteiger partial charge < -0.3 is 15.2 Å². The summed E-state index contributed by atoms with van der Waals surface area (Å²) in [4.78, 5) is 11.2.